The Morgan fingerprint density at radius 1 is 0.750 bits per heavy atom. The fraction of sp³-hybridized carbons (Fsp3) is 0. The van der Waals surface area contributed by atoms with Gasteiger partial charge in [0.05, 0.1) is 10.8 Å². The molecule has 2 nitrogen and oxygen atoms in total. The van der Waals surface area contributed by atoms with E-state index in [0.29, 0.717) is 20.2 Å². The zero-order valence-electron chi connectivity index (χ0n) is 10.5. The lowest BCUT2D eigenvalue weighted by Gasteiger charge is -2.06. The predicted octanol–water partition coefficient (Wildman–Crippen LogP) is 4.23. The van der Waals surface area contributed by atoms with E-state index < -0.39 is 10.8 Å². The van der Waals surface area contributed by atoms with E-state index in [1.54, 1.807) is 12.1 Å². The molecule has 0 fully saturated rings. The summed E-state index contributed by atoms with van der Waals surface area (Å²) >= 11 is 0. The number of hydrogen-bond donors (Lipinski definition) is 0. The van der Waals surface area contributed by atoms with Crippen molar-refractivity contribution in [1.29, 1.82) is 0 Å². The summed E-state index contributed by atoms with van der Waals surface area (Å²) in [7, 11) is -1.29. The van der Waals surface area contributed by atoms with Crippen LogP contribution in [0.4, 0.5) is 0 Å². The molecule has 0 spiro atoms. The zero-order chi connectivity index (χ0) is 13.7. The highest BCUT2D eigenvalue weighted by Gasteiger charge is 2.16. The van der Waals surface area contributed by atoms with E-state index in [-0.39, 0.29) is 5.43 Å². The van der Waals surface area contributed by atoms with Gasteiger partial charge in [-0.1, -0.05) is 36.4 Å². The van der Waals surface area contributed by atoms with Crippen LogP contribution in [-0.2, 0) is 0 Å². The number of hydrogen-bond acceptors (Lipinski definition) is 2. The summed E-state index contributed by atoms with van der Waals surface area (Å²) in [6.45, 7) is 0. The fourth-order valence-electron chi connectivity index (χ4n) is 2.71. The summed E-state index contributed by atoms with van der Waals surface area (Å²) in [6.07, 6.45) is 0. The molecule has 4 aromatic rings. The topological polar surface area (TPSA) is 40.1 Å². The van der Waals surface area contributed by atoms with Crippen molar-refractivity contribution in [3.05, 3.63) is 70.9 Å². The minimum absolute atomic E-state index is 0.0352. The highest BCUT2D eigenvalue weighted by atomic mass is 32.2. The van der Waals surface area contributed by atoms with Gasteiger partial charge in [0.2, 0.25) is 5.43 Å². The highest BCUT2D eigenvalue weighted by molar-refractivity contribution is 7.36. The van der Waals surface area contributed by atoms with E-state index in [4.69, 9.17) is 0 Å². The van der Waals surface area contributed by atoms with Gasteiger partial charge >= 0.3 is 0 Å². The molecule has 1 unspecified atom stereocenters. The third-order valence-corrected chi connectivity index (χ3v) is 5.14. The maximum atomic E-state index is 12.7. The molecule has 0 saturated heterocycles. The smallest absolute Gasteiger partial charge is 0.204 e. The van der Waals surface area contributed by atoms with E-state index >= 15 is 0 Å². The molecule has 96 valence electrons. The van der Waals surface area contributed by atoms with Crippen molar-refractivity contribution < 1.29 is 4.55 Å². The summed E-state index contributed by atoms with van der Waals surface area (Å²) < 4.78 is 13.9. The number of benzene rings is 3. The van der Waals surface area contributed by atoms with Crippen molar-refractivity contribution in [2.45, 2.75) is 0 Å². The first kappa shape index (κ1) is 11.6. The molecule has 1 atom stereocenters. The molecule has 0 N–H and O–H groups in total. The summed E-state index contributed by atoms with van der Waals surface area (Å²) in [4.78, 5) is 12.7. The third-order valence-electron chi connectivity index (χ3n) is 3.65. The van der Waals surface area contributed by atoms with Gasteiger partial charge in [-0.15, -0.1) is 0 Å². The molecule has 3 heteroatoms. The molecule has 0 aliphatic carbocycles. The van der Waals surface area contributed by atoms with Crippen LogP contribution >= 0.6 is 10.8 Å². The van der Waals surface area contributed by atoms with Crippen LogP contribution in [0.5, 0.6) is 0 Å². The molecule has 20 heavy (non-hydrogen) atoms. The first-order valence-electron chi connectivity index (χ1n) is 6.34. The molecule has 1 heterocycles. The molecule has 0 aliphatic rings. The van der Waals surface area contributed by atoms with Gasteiger partial charge in [0, 0.05) is 0 Å². The van der Waals surface area contributed by atoms with E-state index in [0.717, 1.165) is 10.8 Å². The standard InChI is InChI=1S/C17H10O2S/c18-17-13-7-3-4-8-14(13)20(19)15-10-9-11-5-1-2-6-12(11)16(15)17/h1-10H. The quantitative estimate of drug-likeness (QED) is 0.274. The molecule has 1 aromatic heterocycles. The molecule has 0 saturated carbocycles. The first-order valence-corrected chi connectivity index (χ1v) is 7.49. The van der Waals surface area contributed by atoms with Crippen LogP contribution in [0.3, 0.4) is 0 Å². The van der Waals surface area contributed by atoms with Crippen LogP contribution in [0.1, 0.15) is 0 Å². The predicted molar refractivity (Wildman–Crippen MR) is 83.9 cm³/mol. The Morgan fingerprint density at radius 3 is 2.30 bits per heavy atom. The van der Waals surface area contributed by atoms with Crippen LogP contribution in [0.2, 0.25) is 0 Å². The molecule has 4 rings (SSSR count). The summed E-state index contributed by atoms with van der Waals surface area (Å²) in [6, 6.07) is 18.6. The Hall–Kier alpha value is -2.23. The van der Waals surface area contributed by atoms with Crippen molar-refractivity contribution in [3.8, 4) is 0 Å². The van der Waals surface area contributed by atoms with Crippen molar-refractivity contribution in [1.82, 2.24) is 0 Å². The highest BCUT2D eigenvalue weighted by Crippen LogP contribution is 2.35. The Balaban J connectivity index is 2.42. The molecule has 0 radical (unpaired) electrons. The molecule has 0 bridgehead atoms. The van der Waals surface area contributed by atoms with Gasteiger partial charge in [-0.25, -0.2) is 0 Å². The van der Waals surface area contributed by atoms with Gasteiger partial charge in [-0.2, -0.15) is 0 Å². The third kappa shape index (κ3) is 1.45. The molecule has 0 amide bonds. The van der Waals surface area contributed by atoms with Gasteiger partial charge < -0.3 is 4.55 Å². The summed E-state index contributed by atoms with van der Waals surface area (Å²) in [5, 5.41) is 3.00. The van der Waals surface area contributed by atoms with Crippen molar-refractivity contribution in [2.75, 3.05) is 0 Å². The summed E-state index contributed by atoms with van der Waals surface area (Å²) in [5.74, 6) is 0. The van der Waals surface area contributed by atoms with E-state index in [1.807, 2.05) is 48.5 Å². The summed E-state index contributed by atoms with van der Waals surface area (Å²) in [5.41, 5.74) is -0.0352. The Labute approximate surface area is 117 Å². The Bertz CT molecular complexity index is 1030. The maximum Gasteiger partial charge on any atom is 0.204 e. The SMILES string of the molecule is O=c1c2ccccc2[s+]([O-])c2ccc3ccccc3c12. The molecule has 0 aliphatic heterocycles. The van der Waals surface area contributed by atoms with E-state index in [1.165, 1.54) is 0 Å². The van der Waals surface area contributed by atoms with Crippen LogP contribution < -0.4 is 5.43 Å². The fourth-order valence-corrected chi connectivity index (χ4v) is 4.09. The van der Waals surface area contributed by atoms with Crippen molar-refractivity contribution >= 4 is 41.7 Å². The lowest BCUT2D eigenvalue weighted by Crippen LogP contribution is -2.02. The average Bonchev–Trinajstić information content (AvgIpc) is 2.51. The average molecular weight is 278 g/mol. The van der Waals surface area contributed by atoms with Gasteiger partial charge in [0.1, 0.15) is 0 Å². The van der Waals surface area contributed by atoms with Crippen LogP contribution in [0, 0.1) is 0 Å². The van der Waals surface area contributed by atoms with Crippen LogP contribution in [0.25, 0.3) is 30.9 Å². The second-order valence-electron chi connectivity index (χ2n) is 4.75. The second kappa shape index (κ2) is 4.13. The maximum absolute atomic E-state index is 12.7. The lowest BCUT2D eigenvalue weighted by atomic mass is 10.1. The van der Waals surface area contributed by atoms with Crippen LogP contribution in [-0.4, -0.2) is 4.55 Å². The van der Waals surface area contributed by atoms with E-state index in [2.05, 4.69) is 0 Å². The molecular formula is C17H10O2S. The van der Waals surface area contributed by atoms with Gasteiger partial charge in [-0.05, 0) is 45.8 Å². The first-order chi connectivity index (χ1) is 9.77. The largest absolute Gasteiger partial charge is 0.590 e. The molecular weight excluding hydrogens is 268 g/mol. The monoisotopic (exact) mass is 278 g/mol. The minimum atomic E-state index is -1.29. The minimum Gasteiger partial charge on any atom is -0.590 e. The van der Waals surface area contributed by atoms with E-state index in [9.17, 15) is 9.35 Å². The normalized spacial score (nSPS) is 12.3. The van der Waals surface area contributed by atoms with Gasteiger partial charge in [-0.3, -0.25) is 4.79 Å². The van der Waals surface area contributed by atoms with Crippen molar-refractivity contribution in [3.63, 3.8) is 0 Å². The van der Waals surface area contributed by atoms with Gasteiger partial charge in [0.15, 0.2) is 9.40 Å². The van der Waals surface area contributed by atoms with Gasteiger partial charge in [0.25, 0.3) is 0 Å². The molecule has 3 aromatic carbocycles. The lowest BCUT2D eigenvalue weighted by molar-refractivity contribution is 0.601. The zero-order valence-corrected chi connectivity index (χ0v) is 11.3. The Kier molecular flexibility index (Phi) is 2.39. The number of fused-ring (bicyclic) bond motifs is 4. The van der Waals surface area contributed by atoms with Crippen LogP contribution in [0.15, 0.2) is 65.5 Å². The van der Waals surface area contributed by atoms with Crippen molar-refractivity contribution in [2.24, 2.45) is 0 Å². The second-order valence-corrected chi connectivity index (χ2v) is 6.17. The number of rotatable bonds is 0. The Morgan fingerprint density at radius 2 is 1.45 bits per heavy atom.